The molecule has 0 atom stereocenters. The predicted molar refractivity (Wildman–Crippen MR) is 73.6 cm³/mol. The van der Waals surface area contributed by atoms with Gasteiger partial charge < -0.3 is 13.9 Å². The molecule has 0 aliphatic heterocycles. The lowest BCUT2D eigenvalue weighted by molar-refractivity contribution is 0.374. The number of fused-ring (bicyclic) bond motifs is 1. The van der Waals surface area contributed by atoms with Crippen molar-refractivity contribution in [1.29, 1.82) is 0 Å². The zero-order valence-electron chi connectivity index (χ0n) is 11.2. The van der Waals surface area contributed by atoms with Gasteiger partial charge in [-0.25, -0.2) is 4.79 Å². The summed E-state index contributed by atoms with van der Waals surface area (Å²) in [4.78, 5) is 11.3. The third kappa shape index (κ3) is 2.96. The van der Waals surface area contributed by atoms with Gasteiger partial charge >= 0.3 is 5.63 Å². The minimum Gasteiger partial charge on any atom is -0.493 e. The molecule has 2 aromatic rings. The second-order valence-corrected chi connectivity index (χ2v) is 4.46. The standard InChI is InChI=1S/C15H16O4/c1-10(2)8-9-18-15-12(17-3)6-4-11-5-7-13(16)19-14(11)15/h4-10H,1-3H3. The van der Waals surface area contributed by atoms with E-state index in [9.17, 15) is 4.79 Å². The molecule has 0 bridgehead atoms. The van der Waals surface area contributed by atoms with Crippen molar-refractivity contribution in [3.8, 4) is 11.5 Å². The Labute approximate surface area is 111 Å². The van der Waals surface area contributed by atoms with Crippen molar-refractivity contribution in [3.05, 3.63) is 47.0 Å². The number of allylic oxidation sites excluding steroid dienone is 1. The zero-order chi connectivity index (χ0) is 13.8. The molecule has 0 saturated heterocycles. The topological polar surface area (TPSA) is 48.7 Å². The number of benzene rings is 1. The number of ether oxygens (including phenoxy) is 2. The summed E-state index contributed by atoms with van der Waals surface area (Å²) in [6.45, 7) is 4.08. The van der Waals surface area contributed by atoms with Crippen LogP contribution in [0.2, 0.25) is 0 Å². The molecule has 0 spiro atoms. The Kier molecular flexibility index (Phi) is 3.90. The monoisotopic (exact) mass is 260 g/mol. The van der Waals surface area contributed by atoms with Gasteiger partial charge in [-0.3, -0.25) is 0 Å². The number of hydrogen-bond donors (Lipinski definition) is 0. The first kappa shape index (κ1) is 13.2. The van der Waals surface area contributed by atoms with Crippen molar-refractivity contribution in [2.75, 3.05) is 7.11 Å². The molecular formula is C15H16O4. The van der Waals surface area contributed by atoms with Gasteiger partial charge in [0.25, 0.3) is 0 Å². The van der Waals surface area contributed by atoms with Crippen LogP contribution >= 0.6 is 0 Å². The second kappa shape index (κ2) is 5.61. The SMILES string of the molecule is COc1ccc2ccc(=O)oc2c1OC=CC(C)C. The lowest BCUT2D eigenvalue weighted by atomic mass is 10.2. The summed E-state index contributed by atoms with van der Waals surface area (Å²) in [6.07, 6.45) is 3.48. The molecule has 19 heavy (non-hydrogen) atoms. The Morgan fingerprint density at radius 1 is 1.21 bits per heavy atom. The molecule has 0 saturated carbocycles. The van der Waals surface area contributed by atoms with Crippen LogP contribution in [-0.4, -0.2) is 7.11 Å². The van der Waals surface area contributed by atoms with E-state index in [-0.39, 0.29) is 0 Å². The average Bonchev–Trinajstić information content (AvgIpc) is 2.38. The molecule has 4 nitrogen and oxygen atoms in total. The first-order chi connectivity index (χ1) is 9.11. The molecule has 2 rings (SSSR count). The van der Waals surface area contributed by atoms with E-state index < -0.39 is 5.63 Å². The van der Waals surface area contributed by atoms with Crippen molar-refractivity contribution in [2.24, 2.45) is 5.92 Å². The fraction of sp³-hybridized carbons (Fsp3) is 0.267. The van der Waals surface area contributed by atoms with Crippen LogP contribution in [0.4, 0.5) is 0 Å². The van der Waals surface area contributed by atoms with Gasteiger partial charge in [0.05, 0.1) is 13.4 Å². The number of hydrogen-bond acceptors (Lipinski definition) is 4. The Balaban J connectivity index is 2.53. The highest BCUT2D eigenvalue weighted by atomic mass is 16.5. The highest BCUT2D eigenvalue weighted by Gasteiger charge is 2.11. The molecule has 0 radical (unpaired) electrons. The van der Waals surface area contributed by atoms with Crippen LogP contribution in [0.5, 0.6) is 11.5 Å². The first-order valence-electron chi connectivity index (χ1n) is 6.06. The van der Waals surface area contributed by atoms with Gasteiger partial charge in [0.1, 0.15) is 0 Å². The fourth-order valence-corrected chi connectivity index (χ4v) is 1.63. The molecule has 1 aromatic carbocycles. The normalized spacial score (nSPS) is 11.4. The largest absolute Gasteiger partial charge is 0.493 e. The Bertz CT molecular complexity index is 653. The molecular weight excluding hydrogens is 244 g/mol. The maximum Gasteiger partial charge on any atom is 0.336 e. The smallest absolute Gasteiger partial charge is 0.336 e. The number of methoxy groups -OCH3 is 1. The van der Waals surface area contributed by atoms with E-state index in [4.69, 9.17) is 13.9 Å². The van der Waals surface area contributed by atoms with E-state index in [1.807, 2.05) is 26.0 Å². The third-order valence-corrected chi connectivity index (χ3v) is 2.58. The van der Waals surface area contributed by atoms with Crippen LogP contribution in [0.25, 0.3) is 11.0 Å². The number of rotatable bonds is 4. The van der Waals surface area contributed by atoms with E-state index >= 15 is 0 Å². The summed E-state index contributed by atoms with van der Waals surface area (Å²) in [5.41, 5.74) is -0.0290. The fourth-order valence-electron chi connectivity index (χ4n) is 1.63. The van der Waals surface area contributed by atoms with Gasteiger partial charge in [-0.1, -0.05) is 13.8 Å². The maximum atomic E-state index is 11.3. The Hall–Kier alpha value is -2.23. The molecule has 0 amide bonds. The van der Waals surface area contributed by atoms with Gasteiger partial charge in [-0.2, -0.15) is 0 Å². The highest BCUT2D eigenvalue weighted by Crippen LogP contribution is 2.34. The predicted octanol–water partition coefficient (Wildman–Crippen LogP) is 3.35. The van der Waals surface area contributed by atoms with Crippen LogP contribution in [-0.2, 0) is 0 Å². The van der Waals surface area contributed by atoms with Gasteiger partial charge in [0.2, 0.25) is 5.75 Å². The minimum absolute atomic E-state index is 0.368. The van der Waals surface area contributed by atoms with Crippen LogP contribution < -0.4 is 15.1 Å². The van der Waals surface area contributed by atoms with Crippen molar-refractivity contribution in [2.45, 2.75) is 13.8 Å². The second-order valence-electron chi connectivity index (χ2n) is 4.46. The average molecular weight is 260 g/mol. The van der Waals surface area contributed by atoms with Crippen LogP contribution in [0.15, 0.2) is 45.8 Å². The summed E-state index contributed by atoms with van der Waals surface area (Å²) in [7, 11) is 1.54. The quantitative estimate of drug-likeness (QED) is 0.624. The summed E-state index contributed by atoms with van der Waals surface area (Å²) in [6, 6.07) is 6.67. The van der Waals surface area contributed by atoms with E-state index in [0.717, 1.165) is 5.39 Å². The third-order valence-electron chi connectivity index (χ3n) is 2.58. The van der Waals surface area contributed by atoms with Gasteiger partial charge in [0.15, 0.2) is 11.3 Å². The molecule has 0 N–H and O–H groups in total. The summed E-state index contributed by atoms with van der Waals surface area (Å²) in [5, 5.41) is 0.786. The molecule has 0 fully saturated rings. The first-order valence-corrected chi connectivity index (χ1v) is 6.06. The van der Waals surface area contributed by atoms with Crippen LogP contribution in [0.1, 0.15) is 13.8 Å². The molecule has 0 aliphatic carbocycles. The lowest BCUT2D eigenvalue weighted by Crippen LogP contribution is -1.97. The molecule has 0 unspecified atom stereocenters. The zero-order valence-corrected chi connectivity index (χ0v) is 11.2. The van der Waals surface area contributed by atoms with Crippen molar-refractivity contribution < 1.29 is 13.9 Å². The summed E-state index contributed by atoms with van der Waals surface area (Å²) >= 11 is 0. The van der Waals surface area contributed by atoms with E-state index in [1.54, 1.807) is 25.5 Å². The lowest BCUT2D eigenvalue weighted by Gasteiger charge is -2.09. The minimum atomic E-state index is -0.418. The molecule has 1 aromatic heterocycles. The van der Waals surface area contributed by atoms with Gasteiger partial charge in [-0.05, 0) is 30.2 Å². The molecule has 100 valence electrons. The summed E-state index contributed by atoms with van der Waals surface area (Å²) in [5.74, 6) is 1.30. The van der Waals surface area contributed by atoms with Crippen LogP contribution in [0.3, 0.4) is 0 Å². The van der Waals surface area contributed by atoms with E-state index in [2.05, 4.69) is 0 Å². The van der Waals surface area contributed by atoms with Crippen LogP contribution in [0, 0.1) is 5.92 Å². The van der Waals surface area contributed by atoms with Crippen molar-refractivity contribution >= 4 is 11.0 Å². The van der Waals surface area contributed by atoms with Gasteiger partial charge in [0, 0.05) is 11.5 Å². The highest BCUT2D eigenvalue weighted by molar-refractivity contribution is 5.85. The Morgan fingerprint density at radius 2 is 1.95 bits per heavy atom. The van der Waals surface area contributed by atoms with Gasteiger partial charge in [-0.15, -0.1) is 0 Å². The van der Waals surface area contributed by atoms with E-state index in [0.29, 0.717) is 23.0 Å². The van der Waals surface area contributed by atoms with E-state index in [1.165, 1.54) is 6.07 Å². The molecule has 4 heteroatoms. The Morgan fingerprint density at radius 3 is 2.63 bits per heavy atom. The van der Waals surface area contributed by atoms with Crippen molar-refractivity contribution in [3.63, 3.8) is 0 Å². The molecule has 1 heterocycles. The maximum absolute atomic E-state index is 11.3. The summed E-state index contributed by atoms with van der Waals surface area (Å²) < 4.78 is 16.0. The molecule has 0 aliphatic rings. The van der Waals surface area contributed by atoms with Crippen molar-refractivity contribution in [1.82, 2.24) is 0 Å².